The predicted octanol–water partition coefficient (Wildman–Crippen LogP) is 2.34. The highest BCUT2D eigenvalue weighted by Crippen LogP contribution is 2.13. The van der Waals surface area contributed by atoms with Gasteiger partial charge in [-0.25, -0.2) is 0 Å². The van der Waals surface area contributed by atoms with E-state index in [0.29, 0.717) is 12.5 Å². The van der Waals surface area contributed by atoms with E-state index in [-0.39, 0.29) is 0 Å². The lowest BCUT2D eigenvalue weighted by atomic mass is 10.1. The van der Waals surface area contributed by atoms with Gasteiger partial charge in [0, 0.05) is 26.7 Å². The van der Waals surface area contributed by atoms with Crippen molar-refractivity contribution in [2.45, 2.75) is 26.8 Å². The molecule has 1 aromatic carbocycles. The molecule has 0 unspecified atom stereocenters. The molecule has 0 radical (unpaired) electrons. The van der Waals surface area contributed by atoms with E-state index in [4.69, 9.17) is 4.74 Å². The van der Waals surface area contributed by atoms with Crippen LogP contribution in [-0.2, 0) is 6.54 Å². The number of hydrogen-bond acceptors (Lipinski definition) is 3. The number of nitrogens with zero attached hydrogens (tertiary/aromatic N) is 2. The third kappa shape index (κ3) is 9.08. The molecule has 0 saturated heterocycles. The van der Waals surface area contributed by atoms with Crippen molar-refractivity contribution < 1.29 is 4.74 Å². The lowest BCUT2D eigenvalue weighted by molar-refractivity contribution is 0.261. The lowest BCUT2D eigenvalue weighted by Crippen LogP contribution is -2.37. The Bertz CT molecular complexity index is 472. The van der Waals surface area contributed by atoms with Crippen LogP contribution in [0, 0.1) is 5.92 Å². The summed E-state index contributed by atoms with van der Waals surface area (Å²) < 4.78 is 5.77. The first-order chi connectivity index (χ1) is 11.0. The van der Waals surface area contributed by atoms with E-state index < -0.39 is 0 Å². The maximum absolute atomic E-state index is 5.77. The van der Waals surface area contributed by atoms with Crippen LogP contribution in [0.15, 0.2) is 29.3 Å². The minimum Gasteiger partial charge on any atom is -0.492 e. The molecule has 1 rings (SSSR count). The maximum atomic E-state index is 5.77. The van der Waals surface area contributed by atoms with Crippen LogP contribution in [-0.4, -0.2) is 51.7 Å². The highest BCUT2D eigenvalue weighted by Gasteiger charge is 2.01. The van der Waals surface area contributed by atoms with E-state index in [2.05, 4.69) is 46.5 Å². The standard InChI is InChI=1S/C18H32N4O/c1-15(2)9-10-20-18(19-3)21-14-16-7-6-8-17(13-16)23-12-11-22(4)5/h6-8,13,15H,9-12,14H2,1-5H3,(H2,19,20,21). The van der Waals surface area contributed by atoms with Crippen molar-refractivity contribution >= 4 is 5.96 Å². The molecule has 0 aromatic heterocycles. The fourth-order valence-electron chi connectivity index (χ4n) is 1.98. The van der Waals surface area contributed by atoms with Gasteiger partial charge in [0.1, 0.15) is 12.4 Å². The normalized spacial score (nSPS) is 11.9. The van der Waals surface area contributed by atoms with Crippen molar-refractivity contribution in [1.29, 1.82) is 0 Å². The van der Waals surface area contributed by atoms with Gasteiger partial charge in [0.05, 0.1) is 0 Å². The Morgan fingerprint density at radius 3 is 2.70 bits per heavy atom. The van der Waals surface area contributed by atoms with Crippen molar-refractivity contribution in [1.82, 2.24) is 15.5 Å². The highest BCUT2D eigenvalue weighted by atomic mass is 16.5. The summed E-state index contributed by atoms with van der Waals surface area (Å²) in [6.45, 7) is 7.72. The summed E-state index contributed by atoms with van der Waals surface area (Å²) in [6.07, 6.45) is 1.13. The number of hydrogen-bond donors (Lipinski definition) is 2. The number of nitrogens with one attached hydrogen (secondary N) is 2. The summed E-state index contributed by atoms with van der Waals surface area (Å²) >= 11 is 0. The van der Waals surface area contributed by atoms with Crippen LogP contribution >= 0.6 is 0 Å². The second-order valence-corrected chi connectivity index (χ2v) is 6.33. The molecule has 0 heterocycles. The molecule has 0 bridgehead atoms. The van der Waals surface area contributed by atoms with Gasteiger partial charge in [-0.05, 0) is 44.1 Å². The van der Waals surface area contributed by atoms with Gasteiger partial charge in [0.15, 0.2) is 5.96 Å². The summed E-state index contributed by atoms with van der Waals surface area (Å²) in [6, 6.07) is 8.18. The first kappa shape index (κ1) is 19.3. The fraction of sp³-hybridized carbons (Fsp3) is 0.611. The van der Waals surface area contributed by atoms with Crippen molar-refractivity contribution in [3.05, 3.63) is 29.8 Å². The van der Waals surface area contributed by atoms with Crippen LogP contribution in [0.4, 0.5) is 0 Å². The Morgan fingerprint density at radius 2 is 2.04 bits per heavy atom. The van der Waals surface area contributed by atoms with Gasteiger partial charge in [0.2, 0.25) is 0 Å². The zero-order chi connectivity index (χ0) is 17.1. The van der Waals surface area contributed by atoms with Crippen LogP contribution in [0.25, 0.3) is 0 Å². The smallest absolute Gasteiger partial charge is 0.191 e. The molecule has 5 heteroatoms. The highest BCUT2D eigenvalue weighted by molar-refractivity contribution is 5.79. The van der Waals surface area contributed by atoms with Crippen LogP contribution < -0.4 is 15.4 Å². The zero-order valence-corrected chi connectivity index (χ0v) is 15.2. The molecule has 0 aliphatic rings. The lowest BCUT2D eigenvalue weighted by Gasteiger charge is -2.14. The number of benzene rings is 1. The molecular weight excluding hydrogens is 288 g/mol. The van der Waals surface area contributed by atoms with Gasteiger partial charge in [-0.2, -0.15) is 0 Å². The summed E-state index contributed by atoms with van der Waals surface area (Å²) in [5.41, 5.74) is 1.18. The maximum Gasteiger partial charge on any atom is 0.191 e. The topological polar surface area (TPSA) is 48.9 Å². The first-order valence-corrected chi connectivity index (χ1v) is 8.32. The van der Waals surface area contributed by atoms with Crippen LogP contribution in [0.5, 0.6) is 5.75 Å². The molecular formula is C18H32N4O. The number of ether oxygens (including phenoxy) is 1. The fourth-order valence-corrected chi connectivity index (χ4v) is 1.98. The number of aliphatic imine (C=N–C) groups is 1. The van der Waals surface area contributed by atoms with Gasteiger partial charge in [0.25, 0.3) is 0 Å². The monoisotopic (exact) mass is 320 g/mol. The molecule has 130 valence electrons. The van der Waals surface area contributed by atoms with Gasteiger partial charge in [-0.1, -0.05) is 26.0 Å². The van der Waals surface area contributed by atoms with Gasteiger partial charge < -0.3 is 20.3 Å². The Labute approximate surface area is 141 Å². The van der Waals surface area contributed by atoms with Crippen LogP contribution in [0.1, 0.15) is 25.8 Å². The molecule has 5 nitrogen and oxygen atoms in total. The first-order valence-electron chi connectivity index (χ1n) is 8.32. The molecule has 0 spiro atoms. The zero-order valence-electron chi connectivity index (χ0n) is 15.2. The molecule has 0 aliphatic heterocycles. The van der Waals surface area contributed by atoms with Crippen LogP contribution in [0.2, 0.25) is 0 Å². The quantitative estimate of drug-likeness (QED) is 0.542. The number of rotatable bonds is 9. The van der Waals surface area contributed by atoms with Crippen molar-refractivity contribution in [3.63, 3.8) is 0 Å². The van der Waals surface area contributed by atoms with Crippen LogP contribution in [0.3, 0.4) is 0 Å². The predicted molar refractivity (Wildman–Crippen MR) is 98.1 cm³/mol. The molecule has 23 heavy (non-hydrogen) atoms. The Kier molecular flexibility index (Phi) is 9.14. The molecule has 2 N–H and O–H groups in total. The minimum absolute atomic E-state index is 0.691. The Balaban J connectivity index is 2.41. The number of likely N-dealkylation sites (N-methyl/N-ethyl adjacent to an activating group) is 1. The third-order valence-corrected chi connectivity index (χ3v) is 3.40. The van der Waals surface area contributed by atoms with Gasteiger partial charge in [-0.3, -0.25) is 4.99 Å². The van der Waals surface area contributed by atoms with E-state index in [9.17, 15) is 0 Å². The Morgan fingerprint density at radius 1 is 1.26 bits per heavy atom. The molecule has 0 fully saturated rings. The van der Waals surface area contributed by atoms with E-state index in [1.807, 2.05) is 26.2 Å². The average molecular weight is 320 g/mol. The third-order valence-electron chi connectivity index (χ3n) is 3.40. The minimum atomic E-state index is 0.691. The summed E-state index contributed by atoms with van der Waals surface area (Å²) in [7, 11) is 5.88. The SMILES string of the molecule is CN=C(NCCC(C)C)NCc1cccc(OCCN(C)C)c1. The second kappa shape index (κ2) is 10.9. The molecule has 0 saturated carbocycles. The second-order valence-electron chi connectivity index (χ2n) is 6.33. The summed E-state index contributed by atoms with van der Waals surface area (Å²) in [5.74, 6) is 2.44. The van der Waals surface area contributed by atoms with E-state index in [0.717, 1.165) is 37.8 Å². The van der Waals surface area contributed by atoms with E-state index in [1.165, 1.54) is 5.56 Å². The molecule has 0 atom stereocenters. The summed E-state index contributed by atoms with van der Waals surface area (Å²) in [5, 5.41) is 6.67. The van der Waals surface area contributed by atoms with E-state index in [1.54, 1.807) is 7.05 Å². The summed E-state index contributed by atoms with van der Waals surface area (Å²) in [4.78, 5) is 6.36. The van der Waals surface area contributed by atoms with Gasteiger partial charge in [-0.15, -0.1) is 0 Å². The largest absolute Gasteiger partial charge is 0.492 e. The van der Waals surface area contributed by atoms with E-state index >= 15 is 0 Å². The van der Waals surface area contributed by atoms with Gasteiger partial charge >= 0.3 is 0 Å². The molecule has 0 amide bonds. The number of guanidine groups is 1. The average Bonchev–Trinajstić information content (AvgIpc) is 2.50. The van der Waals surface area contributed by atoms with Crippen molar-refractivity contribution in [2.24, 2.45) is 10.9 Å². The Hall–Kier alpha value is -1.75. The molecule has 1 aromatic rings. The van der Waals surface area contributed by atoms with Crippen molar-refractivity contribution in [3.8, 4) is 5.75 Å². The molecule has 0 aliphatic carbocycles. The van der Waals surface area contributed by atoms with Crippen molar-refractivity contribution in [2.75, 3.05) is 40.8 Å².